The van der Waals surface area contributed by atoms with Crippen molar-refractivity contribution < 1.29 is 24.2 Å². The van der Waals surface area contributed by atoms with E-state index in [-0.39, 0.29) is 11.8 Å². The standard InChI is InChI=1S/C21H28NO4/c1-22(11-12-2-3-12)9-8-20-17-13-4-5-14(23)18(17)26-19(20)15(24)6-7-21(20,25)16(22)10-13/h4,12,14,16,19,23,25H,2-3,5-11H2,1H3/q+1/t14?,16-,19+,20?,21-,22?/m1/s1. The van der Waals surface area contributed by atoms with Gasteiger partial charge in [0.15, 0.2) is 11.9 Å². The smallest absolute Gasteiger partial charge is 0.174 e. The number of likely N-dealkylation sites (tertiary alicyclic amines) is 1. The van der Waals surface area contributed by atoms with Gasteiger partial charge in [0.2, 0.25) is 0 Å². The lowest BCUT2D eigenvalue weighted by atomic mass is 9.46. The highest BCUT2D eigenvalue weighted by molar-refractivity contribution is 5.88. The van der Waals surface area contributed by atoms with Crippen LogP contribution in [0.2, 0.25) is 0 Å². The van der Waals surface area contributed by atoms with Gasteiger partial charge in [0, 0.05) is 30.8 Å². The molecule has 6 atom stereocenters. The number of ketones is 1. The summed E-state index contributed by atoms with van der Waals surface area (Å²) in [7, 11) is 2.32. The van der Waals surface area contributed by atoms with E-state index in [2.05, 4.69) is 13.1 Å². The predicted octanol–water partition coefficient (Wildman–Crippen LogP) is 1.44. The van der Waals surface area contributed by atoms with Crippen LogP contribution in [-0.2, 0) is 9.53 Å². The Kier molecular flexibility index (Phi) is 2.82. The molecule has 2 heterocycles. The maximum absolute atomic E-state index is 12.8. The van der Waals surface area contributed by atoms with E-state index in [1.165, 1.54) is 18.4 Å². The average Bonchev–Trinajstić information content (AvgIpc) is 3.32. The van der Waals surface area contributed by atoms with Crippen LogP contribution in [0.5, 0.6) is 0 Å². The van der Waals surface area contributed by atoms with Crippen LogP contribution in [0.3, 0.4) is 0 Å². The fourth-order valence-corrected chi connectivity index (χ4v) is 7.17. The number of nitrogens with zero attached hydrogens (tertiary/aromatic N) is 1. The molecule has 140 valence electrons. The van der Waals surface area contributed by atoms with Gasteiger partial charge < -0.3 is 19.4 Å². The first-order valence-corrected chi connectivity index (χ1v) is 10.3. The molecule has 5 nitrogen and oxygen atoms in total. The molecule has 4 aliphatic carbocycles. The molecule has 6 rings (SSSR count). The zero-order valence-electron chi connectivity index (χ0n) is 15.4. The lowest BCUT2D eigenvalue weighted by Gasteiger charge is -2.65. The van der Waals surface area contributed by atoms with Crippen LogP contribution in [0.4, 0.5) is 0 Å². The van der Waals surface area contributed by atoms with Crippen molar-refractivity contribution in [2.45, 2.75) is 68.8 Å². The molecule has 0 aromatic rings. The molecule has 2 aliphatic heterocycles. The van der Waals surface area contributed by atoms with Crippen molar-refractivity contribution >= 4 is 5.78 Å². The van der Waals surface area contributed by atoms with Gasteiger partial charge in [-0.15, -0.1) is 0 Å². The first kappa shape index (κ1) is 15.8. The number of carbonyl (C=O) groups excluding carboxylic acids is 1. The van der Waals surface area contributed by atoms with E-state index in [1.54, 1.807) is 0 Å². The molecule has 0 radical (unpaired) electrons. The lowest BCUT2D eigenvalue weighted by Crippen LogP contribution is -2.79. The molecule has 0 aromatic carbocycles. The van der Waals surface area contributed by atoms with Crippen LogP contribution >= 0.6 is 0 Å². The maximum atomic E-state index is 12.8. The highest BCUT2D eigenvalue weighted by Crippen LogP contribution is 2.68. The molecular formula is C21H28NO4+. The van der Waals surface area contributed by atoms with Gasteiger partial charge in [-0.25, -0.2) is 0 Å². The number of aliphatic hydroxyl groups excluding tert-OH is 1. The van der Waals surface area contributed by atoms with Crippen molar-refractivity contribution in [2.24, 2.45) is 11.3 Å². The van der Waals surface area contributed by atoms with E-state index in [9.17, 15) is 15.0 Å². The van der Waals surface area contributed by atoms with Crippen molar-refractivity contribution in [2.75, 3.05) is 20.1 Å². The summed E-state index contributed by atoms with van der Waals surface area (Å²) in [6.45, 7) is 2.13. The number of hydrogen-bond acceptors (Lipinski definition) is 4. The Balaban J connectivity index is 1.56. The lowest BCUT2D eigenvalue weighted by molar-refractivity contribution is -0.951. The van der Waals surface area contributed by atoms with Crippen molar-refractivity contribution in [3.8, 4) is 0 Å². The molecule has 1 saturated heterocycles. The quantitative estimate of drug-likeness (QED) is 0.733. The van der Waals surface area contributed by atoms with Crippen LogP contribution in [-0.4, -0.2) is 64.5 Å². The van der Waals surface area contributed by atoms with E-state index in [4.69, 9.17) is 4.74 Å². The van der Waals surface area contributed by atoms with E-state index in [1.807, 2.05) is 0 Å². The molecule has 0 aromatic heterocycles. The first-order valence-electron chi connectivity index (χ1n) is 10.3. The summed E-state index contributed by atoms with van der Waals surface area (Å²) in [5.41, 5.74) is 0.705. The van der Waals surface area contributed by atoms with Crippen LogP contribution in [0.15, 0.2) is 23.0 Å². The highest BCUT2D eigenvalue weighted by Gasteiger charge is 2.77. The number of quaternary nitrogens is 1. The van der Waals surface area contributed by atoms with Gasteiger partial charge in [0.25, 0.3) is 0 Å². The third-order valence-corrected chi connectivity index (χ3v) is 8.52. The second kappa shape index (κ2) is 4.62. The summed E-state index contributed by atoms with van der Waals surface area (Å²) < 4.78 is 7.07. The Bertz CT molecular complexity index is 783. The molecular weight excluding hydrogens is 330 g/mol. The Hall–Kier alpha value is -1.17. The molecule has 3 unspecified atom stereocenters. The third kappa shape index (κ3) is 1.62. The minimum atomic E-state index is -0.904. The van der Waals surface area contributed by atoms with Gasteiger partial charge in [0.05, 0.1) is 25.6 Å². The summed E-state index contributed by atoms with van der Waals surface area (Å²) in [5.74, 6) is 1.50. The Morgan fingerprint density at radius 2 is 2.15 bits per heavy atom. The molecule has 6 aliphatic rings. The fraction of sp³-hybridized carbons (Fsp3) is 0.762. The number of Topliss-reactive ketones (excluding diaryl/α,β-unsaturated/α-hetero) is 1. The molecule has 5 heteroatoms. The largest absolute Gasteiger partial charge is 0.483 e. The summed E-state index contributed by atoms with van der Waals surface area (Å²) in [4.78, 5) is 12.8. The van der Waals surface area contributed by atoms with Gasteiger partial charge in [-0.05, 0) is 31.3 Å². The number of piperidine rings is 1. The van der Waals surface area contributed by atoms with Crippen molar-refractivity contribution in [3.63, 3.8) is 0 Å². The second-order valence-corrected chi connectivity index (χ2v) is 9.88. The number of ether oxygens (including phenoxy) is 1. The van der Waals surface area contributed by atoms with Gasteiger partial charge in [0.1, 0.15) is 23.5 Å². The van der Waals surface area contributed by atoms with Gasteiger partial charge in [-0.1, -0.05) is 6.08 Å². The number of hydrogen-bond donors (Lipinski definition) is 2. The molecule has 26 heavy (non-hydrogen) atoms. The number of likely N-dealkylation sites (N-methyl/N-ethyl adjacent to an activating group) is 1. The van der Waals surface area contributed by atoms with E-state index in [0.717, 1.165) is 41.9 Å². The van der Waals surface area contributed by atoms with Crippen molar-refractivity contribution in [1.82, 2.24) is 0 Å². The maximum Gasteiger partial charge on any atom is 0.174 e. The Morgan fingerprint density at radius 3 is 2.92 bits per heavy atom. The topological polar surface area (TPSA) is 66.8 Å². The zero-order valence-corrected chi connectivity index (χ0v) is 15.4. The highest BCUT2D eigenvalue weighted by atomic mass is 16.5. The van der Waals surface area contributed by atoms with E-state index in [0.29, 0.717) is 25.0 Å². The van der Waals surface area contributed by atoms with Gasteiger partial charge >= 0.3 is 0 Å². The summed E-state index contributed by atoms with van der Waals surface area (Å²) in [5, 5.41) is 22.7. The summed E-state index contributed by atoms with van der Waals surface area (Å²) >= 11 is 0. The van der Waals surface area contributed by atoms with Crippen molar-refractivity contribution in [3.05, 3.63) is 23.0 Å². The molecule has 0 amide bonds. The monoisotopic (exact) mass is 358 g/mol. The number of rotatable bonds is 2. The van der Waals surface area contributed by atoms with Crippen LogP contribution in [0.25, 0.3) is 0 Å². The average molecular weight is 358 g/mol. The molecule has 1 spiro atoms. The number of aliphatic hydroxyl groups is 2. The third-order valence-electron chi connectivity index (χ3n) is 8.52. The molecule has 4 fully saturated rings. The van der Waals surface area contributed by atoms with Crippen LogP contribution in [0, 0.1) is 11.3 Å². The normalized spacial score (nSPS) is 51.7. The Labute approximate surface area is 153 Å². The summed E-state index contributed by atoms with van der Waals surface area (Å²) in [6.07, 6.45) is 6.62. The SMILES string of the molecule is C[N+]1(CC2CC2)CCC23C4=C5O[C@H]2C(=O)CC[C@@]3(O)[C@H]1CC4=CCC5O. The van der Waals surface area contributed by atoms with Crippen molar-refractivity contribution in [1.29, 1.82) is 0 Å². The molecule has 2 bridgehead atoms. The number of carbonyl (C=O) groups is 1. The summed E-state index contributed by atoms with van der Waals surface area (Å²) in [6, 6.07) is 0.126. The van der Waals surface area contributed by atoms with Gasteiger partial charge in [-0.2, -0.15) is 0 Å². The fourth-order valence-electron chi connectivity index (χ4n) is 7.17. The minimum absolute atomic E-state index is 0.106. The van der Waals surface area contributed by atoms with Crippen LogP contribution < -0.4 is 0 Å². The molecule has 3 saturated carbocycles. The minimum Gasteiger partial charge on any atom is -0.483 e. The first-order chi connectivity index (χ1) is 12.4. The molecule has 2 N–H and O–H groups in total. The second-order valence-electron chi connectivity index (χ2n) is 9.88. The Morgan fingerprint density at radius 1 is 1.35 bits per heavy atom. The van der Waals surface area contributed by atoms with Gasteiger partial charge in [-0.3, -0.25) is 4.79 Å². The predicted molar refractivity (Wildman–Crippen MR) is 93.9 cm³/mol. The van der Waals surface area contributed by atoms with Crippen LogP contribution in [0.1, 0.15) is 44.9 Å². The van der Waals surface area contributed by atoms with E-state index >= 15 is 0 Å². The van der Waals surface area contributed by atoms with E-state index < -0.39 is 23.2 Å². The zero-order chi connectivity index (χ0) is 17.9.